The van der Waals surface area contributed by atoms with E-state index in [0.717, 1.165) is 36.3 Å². The Balaban J connectivity index is 1.80. The highest BCUT2D eigenvalue weighted by Gasteiger charge is 2.22. The van der Waals surface area contributed by atoms with Crippen molar-refractivity contribution >= 4 is 11.6 Å². The first-order chi connectivity index (χ1) is 9.74. The van der Waals surface area contributed by atoms with Gasteiger partial charge in [-0.15, -0.1) is 5.10 Å². The van der Waals surface area contributed by atoms with Gasteiger partial charge in [-0.3, -0.25) is 4.79 Å². The number of anilines is 1. The third-order valence-electron chi connectivity index (χ3n) is 3.45. The average molecular weight is 272 g/mol. The van der Waals surface area contributed by atoms with Gasteiger partial charge in [0.2, 0.25) is 5.91 Å². The first-order valence-electron chi connectivity index (χ1n) is 6.62. The lowest BCUT2D eigenvalue weighted by molar-refractivity contribution is -0.117. The number of rotatable bonds is 3. The predicted molar refractivity (Wildman–Crippen MR) is 73.5 cm³/mol. The van der Waals surface area contributed by atoms with Gasteiger partial charge in [-0.05, 0) is 54.4 Å². The van der Waals surface area contributed by atoms with Crippen molar-refractivity contribution in [1.82, 2.24) is 25.5 Å². The molecular weight excluding hydrogens is 256 g/mol. The number of carbonyl (C=O) groups is 1. The summed E-state index contributed by atoms with van der Waals surface area (Å²) in [6.07, 6.45) is 3.46. The van der Waals surface area contributed by atoms with Crippen molar-refractivity contribution < 1.29 is 4.79 Å². The van der Waals surface area contributed by atoms with Gasteiger partial charge in [0.15, 0.2) is 0 Å². The summed E-state index contributed by atoms with van der Waals surface area (Å²) >= 11 is 0. The molecule has 2 N–H and O–H groups in total. The molecule has 2 aromatic rings. The Bertz CT molecular complexity index is 603. The molecule has 1 aromatic carbocycles. The second-order valence-electron chi connectivity index (χ2n) is 4.89. The quantitative estimate of drug-likeness (QED) is 0.857. The Morgan fingerprint density at radius 3 is 3.10 bits per heavy atom. The standard InChI is InChI=1S/C13H16N6O/c1-9-4-5-10(7-12(9)19-8-15-17-18-19)16-13(20)11-3-2-6-14-11/h4-5,7-8,11,14H,2-3,6H2,1H3,(H,16,20)/t11-/m1/s1. The number of nitrogens with zero attached hydrogens (tertiary/aromatic N) is 4. The van der Waals surface area contributed by atoms with Gasteiger partial charge >= 0.3 is 0 Å². The van der Waals surface area contributed by atoms with Gasteiger partial charge in [0, 0.05) is 5.69 Å². The van der Waals surface area contributed by atoms with Crippen LogP contribution in [0.15, 0.2) is 24.5 Å². The lowest BCUT2D eigenvalue weighted by Gasteiger charge is -2.13. The van der Waals surface area contributed by atoms with E-state index in [-0.39, 0.29) is 11.9 Å². The maximum absolute atomic E-state index is 12.1. The van der Waals surface area contributed by atoms with Gasteiger partial charge in [-0.2, -0.15) is 0 Å². The molecule has 104 valence electrons. The number of aromatic nitrogens is 4. The molecule has 1 atom stereocenters. The third kappa shape index (κ3) is 2.53. The van der Waals surface area contributed by atoms with Crippen molar-refractivity contribution in [2.75, 3.05) is 11.9 Å². The van der Waals surface area contributed by atoms with E-state index in [9.17, 15) is 4.79 Å². The first kappa shape index (κ1) is 12.7. The summed E-state index contributed by atoms with van der Waals surface area (Å²) in [5.41, 5.74) is 2.64. The van der Waals surface area contributed by atoms with Crippen LogP contribution in [0.5, 0.6) is 0 Å². The molecule has 0 bridgehead atoms. The van der Waals surface area contributed by atoms with Crippen LogP contribution in [0.25, 0.3) is 5.69 Å². The van der Waals surface area contributed by atoms with Crippen molar-refractivity contribution in [3.8, 4) is 5.69 Å². The molecule has 20 heavy (non-hydrogen) atoms. The lowest BCUT2D eigenvalue weighted by atomic mass is 10.1. The zero-order valence-corrected chi connectivity index (χ0v) is 11.2. The van der Waals surface area contributed by atoms with Gasteiger partial charge < -0.3 is 10.6 Å². The van der Waals surface area contributed by atoms with E-state index in [1.54, 1.807) is 4.68 Å². The summed E-state index contributed by atoms with van der Waals surface area (Å²) in [4.78, 5) is 12.1. The average Bonchev–Trinajstić information content (AvgIpc) is 3.14. The van der Waals surface area contributed by atoms with Crippen LogP contribution in [0.2, 0.25) is 0 Å². The molecule has 3 rings (SSSR count). The molecule has 1 aliphatic heterocycles. The molecule has 0 saturated carbocycles. The van der Waals surface area contributed by atoms with Crippen molar-refractivity contribution in [2.45, 2.75) is 25.8 Å². The summed E-state index contributed by atoms with van der Waals surface area (Å²) in [6, 6.07) is 5.61. The highest BCUT2D eigenvalue weighted by Crippen LogP contribution is 2.19. The normalized spacial score (nSPS) is 18.1. The Morgan fingerprint density at radius 1 is 1.50 bits per heavy atom. The summed E-state index contributed by atoms with van der Waals surface area (Å²) in [5.74, 6) is 0.00835. The van der Waals surface area contributed by atoms with Crippen LogP contribution in [0.4, 0.5) is 5.69 Å². The molecule has 0 unspecified atom stereocenters. The van der Waals surface area contributed by atoms with E-state index >= 15 is 0 Å². The highest BCUT2D eigenvalue weighted by atomic mass is 16.2. The number of benzene rings is 1. The van der Waals surface area contributed by atoms with Gasteiger partial charge in [0.1, 0.15) is 6.33 Å². The zero-order chi connectivity index (χ0) is 13.9. The minimum absolute atomic E-state index is 0.00835. The monoisotopic (exact) mass is 272 g/mol. The Kier molecular flexibility index (Phi) is 3.42. The number of carbonyl (C=O) groups excluding carboxylic acids is 1. The lowest BCUT2D eigenvalue weighted by Crippen LogP contribution is -2.35. The Morgan fingerprint density at radius 2 is 2.40 bits per heavy atom. The number of hydrogen-bond donors (Lipinski definition) is 2. The van der Waals surface area contributed by atoms with Gasteiger partial charge in [0.05, 0.1) is 11.7 Å². The van der Waals surface area contributed by atoms with Crippen LogP contribution in [0.3, 0.4) is 0 Å². The number of hydrogen-bond acceptors (Lipinski definition) is 5. The van der Waals surface area contributed by atoms with Crippen LogP contribution < -0.4 is 10.6 Å². The summed E-state index contributed by atoms with van der Waals surface area (Å²) < 4.78 is 1.58. The fourth-order valence-electron chi connectivity index (χ4n) is 2.34. The molecule has 7 nitrogen and oxygen atoms in total. The molecule has 0 radical (unpaired) electrons. The van der Waals surface area contributed by atoms with Crippen LogP contribution in [-0.2, 0) is 4.79 Å². The van der Waals surface area contributed by atoms with Crippen LogP contribution in [0.1, 0.15) is 18.4 Å². The Labute approximate surface area is 116 Å². The van der Waals surface area contributed by atoms with Crippen molar-refractivity contribution in [3.63, 3.8) is 0 Å². The number of nitrogens with one attached hydrogen (secondary N) is 2. The molecule has 7 heteroatoms. The van der Waals surface area contributed by atoms with Gasteiger partial charge in [0.25, 0.3) is 0 Å². The van der Waals surface area contributed by atoms with Crippen molar-refractivity contribution in [3.05, 3.63) is 30.1 Å². The fourth-order valence-corrected chi connectivity index (χ4v) is 2.34. The predicted octanol–water partition coefficient (Wildman–Crippen LogP) is 0.661. The molecule has 1 amide bonds. The maximum atomic E-state index is 12.1. The van der Waals surface area contributed by atoms with E-state index < -0.39 is 0 Å². The number of amides is 1. The smallest absolute Gasteiger partial charge is 0.241 e. The van der Waals surface area contributed by atoms with Crippen LogP contribution >= 0.6 is 0 Å². The number of aryl methyl sites for hydroxylation is 1. The van der Waals surface area contributed by atoms with E-state index in [2.05, 4.69) is 26.2 Å². The summed E-state index contributed by atoms with van der Waals surface area (Å²) in [7, 11) is 0. The van der Waals surface area contributed by atoms with E-state index in [0.29, 0.717) is 0 Å². The molecule has 2 heterocycles. The van der Waals surface area contributed by atoms with Crippen LogP contribution in [0, 0.1) is 6.92 Å². The molecule has 1 aromatic heterocycles. The molecule has 0 spiro atoms. The second-order valence-corrected chi connectivity index (χ2v) is 4.89. The van der Waals surface area contributed by atoms with Gasteiger partial charge in [-0.25, -0.2) is 4.68 Å². The second kappa shape index (κ2) is 5.38. The van der Waals surface area contributed by atoms with Gasteiger partial charge in [-0.1, -0.05) is 6.07 Å². The van der Waals surface area contributed by atoms with Crippen LogP contribution in [-0.4, -0.2) is 38.7 Å². The van der Waals surface area contributed by atoms with Crippen molar-refractivity contribution in [1.29, 1.82) is 0 Å². The van der Waals surface area contributed by atoms with E-state index in [1.807, 2.05) is 25.1 Å². The molecule has 1 fully saturated rings. The summed E-state index contributed by atoms with van der Waals surface area (Å²) in [5, 5.41) is 17.2. The third-order valence-corrected chi connectivity index (χ3v) is 3.45. The maximum Gasteiger partial charge on any atom is 0.241 e. The van der Waals surface area contributed by atoms with Crippen molar-refractivity contribution in [2.24, 2.45) is 0 Å². The minimum atomic E-state index is -0.0900. The molecule has 1 aliphatic rings. The molecule has 1 saturated heterocycles. The first-order valence-corrected chi connectivity index (χ1v) is 6.62. The molecule has 0 aliphatic carbocycles. The SMILES string of the molecule is Cc1ccc(NC(=O)[C@H]2CCCN2)cc1-n1cnnn1. The largest absolute Gasteiger partial charge is 0.325 e. The van der Waals surface area contributed by atoms with E-state index in [4.69, 9.17) is 0 Å². The minimum Gasteiger partial charge on any atom is -0.325 e. The molecular formula is C13H16N6O. The zero-order valence-electron chi connectivity index (χ0n) is 11.2. The van der Waals surface area contributed by atoms with E-state index in [1.165, 1.54) is 6.33 Å². The topological polar surface area (TPSA) is 84.7 Å². The highest BCUT2D eigenvalue weighted by molar-refractivity contribution is 5.95. The number of tetrazole rings is 1. The fraction of sp³-hybridized carbons (Fsp3) is 0.385. The Hall–Kier alpha value is -2.28. The summed E-state index contributed by atoms with van der Waals surface area (Å²) in [6.45, 7) is 2.88.